The zero-order chi connectivity index (χ0) is 24.0. The average Bonchev–Trinajstić information content (AvgIpc) is 3.46. The summed E-state index contributed by atoms with van der Waals surface area (Å²) in [6, 6.07) is 24.0. The maximum absolute atomic E-state index is 12.4. The first-order valence-electron chi connectivity index (χ1n) is 11.8. The van der Waals surface area contributed by atoms with Crippen molar-refractivity contribution in [2.45, 2.75) is 25.6 Å². The SMILES string of the molecule is FCCCN1CCC(Oc2ccc(Oc3c(Br)sc4cc(OCc5ccccc5)ccc34)cc2)C1. The first-order chi connectivity index (χ1) is 17.2. The Morgan fingerprint density at radius 1 is 0.971 bits per heavy atom. The molecule has 0 spiro atoms. The normalized spacial score (nSPS) is 16.0. The summed E-state index contributed by atoms with van der Waals surface area (Å²) in [5.74, 6) is 3.20. The highest BCUT2D eigenvalue weighted by Crippen LogP contribution is 2.45. The van der Waals surface area contributed by atoms with E-state index in [4.69, 9.17) is 14.2 Å². The molecule has 1 aliphatic heterocycles. The van der Waals surface area contributed by atoms with Gasteiger partial charge in [-0.2, -0.15) is 0 Å². The van der Waals surface area contributed by atoms with E-state index in [2.05, 4.69) is 39.0 Å². The summed E-state index contributed by atoms with van der Waals surface area (Å²) >= 11 is 5.29. The molecule has 1 unspecified atom stereocenters. The number of halogens is 2. The van der Waals surface area contributed by atoms with Crippen LogP contribution >= 0.6 is 27.3 Å². The van der Waals surface area contributed by atoms with Crippen LogP contribution in [0.1, 0.15) is 18.4 Å². The van der Waals surface area contributed by atoms with E-state index >= 15 is 0 Å². The molecule has 0 amide bonds. The van der Waals surface area contributed by atoms with Gasteiger partial charge >= 0.3 is 0 Å². The van der Waals surface area contributed by atoms with Crippen LogP contribution in [-0.2, 0) is 6.61 Å². The molecule has 4 nitrogen and oxygen atoms in total. The number of hydrogen-bond acceptors (Lipinski definition) is 5. The third-order valence-corrected chi connectivity index (χ3v) is 7.78. The molecular formula is C28H27BrFNO3S. The second-order valence-corrected chi connectivity index (χ2v) is 11.0. The van der Waals surface area contributed by atoms with Gasteiger partial charge in [-0.25, -0.2) is 0 Å². The first kappa shape index (κ1) is 24.1. The van der Waals surface area contributed by atoms with Gasteiger partial charge in [0.1, 0.15) is 33.7 Å². The van der Waals surface area contributed by atoms with Gasteiger partial charge in [-0.3, -0.25) is 9.29 Å². The second kappa shape index (κ2) is 11.4. The third kappa shape index (κ3) is 6.15. The van der Waals surface area contributed by atoms with Crippen molar-refractivity contribution in [2.75, 3.05) is 26.3 Å². The number of likely N-dealkylation sites (tertiary alicyclic amines) is 1. The van der Waals surface area contributed by atoms with Crippen LogP contribution < -0.4 is 14.2 Å². The Bertz CT molecular complexity index is 1250. The van der Waals surface area contributed by atoms with Gasteiger partial charge < -0.3 is 14.2 Å². The highest BCUT2D eigenvalue weighted by atomic mass is 79.9. The summed E-state index contributed by atoms with van der Waals surface area (Å²) in [5, 5.41) is 1.04. The molecule has 0 N–H and O–H groups in total. The smallest absolute Gasteiger partial charge is 0.160 e. The van der Waals surface area contributed by atoms with E-state index in [0.29, 0.717) is 13.0 Å². The average molecular weight is 556 g/mol. The van der Waals surface area contributed by atoms with Crippen LogP contribution in [0.4, 0.5) is 4.39 Å². The lowest BCUT2D eigenvalue weighted by Gasteiger charge is -2.16. The minimum absolute atomic E-state index is 0.148. The number of thiophene rings is 1. The van der Waals surface area contributed by atoms with Gasteiger partial charge in [0, 0.05) is 29.7 Å². The van der Waals surface area contributed by atoms with Crippen molar-refractivity contribution in [2.24, 2.45) is 0 Å². The summed E-state index contributed by atoms with van der Waals surface area (Å²) < 4.78 is 32.8. The maximum Gasteiger partial charge on any atom is 0.160 e. The van der Waals surface area contributed by atoms with E-state index in [1.54, 1.807) is 11.3 Å². The number of hydrogen-bond donors (Lipinski definition) is 0. The monoisotopic (exact) mass is 555 g/mol. The van der Waals surface area contributed by atoms with E-state index in [1.807, 2.05) is 54.6 Å². The number of ether oxygens (including phenoxy) is 3. The molecule has 1 saturated heterocycles. The Balaban J connectivity index is 1.21. The van der Waals surface area contributed by atoms with Gasteiger partial charge in [-0.1, -0.05) is 30.3 Å². The Morgan fingerprint density at radius 2 is 1.74 bits per heavy atom. The summed E-state index contributed by atoms with van der Waals surface area (Å²) in [6.45, 7) is 2.88. The molecule has 1 aliphatic rings. The van der Waals surface area contributed by atoms with Gasteiger partial charge in [-0.05, 0) is 76.8 Å². The molecule has 0 radical (unpaired) electrons. The molecule has 7 heteroatoms. The minimum atomic E-state index is -0.262. The fourth-order valence-corrected chi connectivity index (χ4v) is 5.93. The minimum Gasteiger partial charge on any atom is -0.489 e. The zero-order valence-corrected chi connectivity index (χ0v) is 21.7. The van der Waals surface area contributed by atoms with Gasteiger partial charge in [0.2, 0.25) is 0 Å². The number of nitrogens with zero attached hydrogens (tertiary/aromatic N) is 1. The summed E-state index contributed by atoms with van der Waals surface area (Å²) in [7, 11) is 0. The lowest BCUT2D eigenvalue weighted by Crippen LogP contribution is -2.26. The Kier molecular flexibility index (Phi) is 7.86. The molecule has 4 aromatic rings. The van der Waals surface area contributed by atoms with Crippen LogP contribution in [0.2, 0.25) is 0 Å². The van der Waals surface area contributed by atoms with Crippen LogP contribution in [-0.4, -0.2) is 37.3 Å². The van der Waals surface area contributed by atoms with E-state index in [9.17, 15) is 4.39 Å². The summed E-state index contributed by atoms with van der Waals surface area (Å²) in [4.78, 5) is 2.26. The van der Waals surface area contributed by atoms with E-state index in [-0.39, 0.29) is 12.8 Å². The predicted molar refractivity (Wildman–Crippen MR) is 143 cm³/mol. The lowest BCUT2D eigenvalue weighted by atomic mass is 10.2. The molecule has 0 saturated carbocycles. The van der Waals surface area contributed by atoms with Gasteiger partial charge in [-0.15, -0.1) is 11.3 Å². The molecule has 1 fully saturated rings. The molecule has 3 aromatic carbocycles. The van der Waals surface area contributed by atoms with Crippen LogP contribution in [0, 0.1) is 0 Å². The fraction of sp³-hybridized carbons (Fsp3) is 0.286. The number of alkyl halides is 1. The number of fused-ring (bicyclic) bond motifs is 1. The van der Waals surface area contributed by atoms with Crippen molar-refractivity contribution in [1.82, 2.24) is 4.90 Å². The van der Waals surface area contributed by atoms with Crippen LogP contribution in [0.25, 0.3) is 10.1 Å². The molecule has 1 aromatic heterocycles. The predicted octanol–water partition coefficient (Wildman–Crippen LogP) is 7.85. The quantitative estimate of drug-likeness (QED) is 0.199. The molecule has 0 bridgehead atoms. The van der Waals surface area contributed by atoms with Gasteiger partial charge in [0.25, 0.3) is 0 Å². The lowest BCUT2D eigenvalue weighted by molar-refractivity contribution is 0.198. The molecule has 1 atom stereocenters. The topological polar surface area (TPSA) is 30.9 Å². The summed E-state index contributed by atoms with van der Waals surface area (Å²) in [5.41, 5.74) is 1.14. The third-order valence-electron chi connectivity index (χ3n) is 6.01. The molecular weight excluding hydrogens is 529 g/mol. The molecule has 0 aliphatic carbocycles. The molecule has 182 valence electrons. The van der Waals surface area contributed by atoms with Gasteiger partial charge in [0.05, 0.1) is 6.67 Å². The van der Waals surface area contributed by atoms with Crippen LogP contribution in [0.5, 0.6) is 23.0 Å². The van der Waals surface area contributed by atoms with Crippen molar-refractivity contribution in [3.05, 3.63) is 82.1 Å². The first-order valence-corrected chi connectivity index (χ1v) is 13.4. The van der Waals surface area contributed by atoms with Gasteiger partial charge in [0.15, 0.2) is 5.75 Å². The molecule has 2 heterocycles. The van der Waals surface area contributed by atoms with Crippen molar-refractivity contribution in [3.8, 4) is 23.0 Å². The van der Waals surface area contributed by atoms with Crippen molar-refractivity contribution in [1.29, 1.82) is 0 Å². The highest BCUT2D eigenvalue weighted by molar-refractivity contribution is 9.11. The van der Waals surface area contributed by atoms with E-state index in [1.165, 1.54) is 0 Å². The molecule has 5 rings (SSSR count). The standard InChI is InChI=1S/C28H27BrFNO3S/c29-28-27(25-12-11-23(17-26(25)35-28)32-19-20-5-2-1-3-6-20)34-22-9-7-21(8-10-22)33-24-13-16-31(18-24)15-4-14-30/h1-3,5-12,17,24H,4,13-16,18-19H2. The second-order valence-electron chi connectivity index (χ2n) is 8.58. The number of benzene rings is 3. The summed E-state index contributed by atoms with van der Waals surface area (Å²) in [6.07, 6.45) is 1.71. The number of rotatable bonds is 10. The Labute approximate surface area is 217 Å². The Hall–Kier alpha value is -2.61. The van der Waals surface area contributed by atoms with Crippen molar-refractivity contribution >= 4 is 37.4 Å². The van der Waals surface area contributed by atoms with Crippen molar-refractivity contribution < 1.29 is 18.6 Å². The van der Waals surface area contributed by atoms with E-state index < -0.39 is 0 Å². The highest BCUT2D eigenvalue weighted by Gasteiger charge is 2.23. The largest absolute Gasteiger partial charge is 0.489 e. The Morgan fingerprint density at radius 3 is 2.54 bits per heavy atom. The molecule has 35 heavy (non-hydrogen) atoms. The maximum atomic E-state index is 12.4. The zero-order valence-electron chi connectivity index (χ0n) is 19.3. The fourth-order valence-electron chi connectivity index (χ4n) is 4.23. The van der Waals surface area contributed by atoms with Crippen LogP contribution in [0.3, 0.4) is 0 Å². The van der Waals surface area contributed by atoms with E-state index in [0.717, 1.165) is 68.5 Å². The van der Waals surface area contributed by atoms with Crippen molar-refractivity contribution in [3.63, 3.8) is 0 Å². The van der Waals surface area contributed by atoms with Crippen LogP contribution in [0.15, 0.2) is 76.6 Å².